The van der Waals surface area contributed by atoms with Gasteiger partial charge in [-0.05, 0) is 18.1 Å². The number of morpholine rings is 1. The molecule has 0 radical (unpaired) electrons. The van der Waals surface area contributed by atoms with E-state index in [1.165, 1.54) is 0 Å². The van der Waals surface area contributed by atoms with Crippen LogP contribution in [0.5, 0.6) is 0 Å². The molecule has 0 N–H and O–H groups in total. The molecule has 4 heteroatoms. The van der Waals surface area contributed by atoms with Crippen molar-refractivity contribution >= 4 is 17.6 Å². The predicted molar refractivity (Wildman–Crippen MR) is 59.1 cm³/mol. The van der Waals surface area contributed by atoms with E-state index in [0.29, 0.717) is 0 Å². The van der Waals surface area contributed by atoms with E-state index in [9.17, 15) is 9.59 Å². The molecule has 16 heavy (non-hydrogen) atoms. The first-order valence-corrected chi connectivity index (χ1v) is 5.27. The second kappa shape index (κ2) is 4.35. The predicted octanol–water partition coefficient (Wildman–Crippen LogP) is 1.14. The lowest BCUT2D eigenvalue weighted by molar-refractivity contribution is -0.160. The molecule has 1 aliphatic heterocycles. The van der Waals surface area contributed by atoms with Gasteiger partial charge in [0.2, 0.25) is 0 Å². The number of carbonyl (C=O) groups excluding carboxylic acids is 2. The van der Waals surface area contributed by atoms with Crippen LogP contribution in [0.25, 0.3) is 0 Å². The molecule has 1 aromatic carbocycles. The van der Waals surface area contributed by atoms with Gasteiger partial charge in [0.15, 0.2) is 0 Å². The van der Waals surface area contributed by atoms with E-state index in [0.717, 1.165) is 17.7 Å². The number of benzene rings is 1. The third-order valence-corrected chi connectivity index (χ3v) is 2.58. The summed E-state index contributed by atoms with van der Waals surface area (Å²) in [6.07, 6.45) is 0.871. The summed E-state index contributed by atoms with van der Waals surface area (Å²) in [5, 5.41) is 0. The number of hydrogen-bond donors (Lipinski definition) is 0. The van der Waals surface area contributed by atoms with E-state index in [1.807, 2.05) is 31.2 Å². The molecule has 1 heterocycles. The van der Waals surface area contributed by atoms with Crippen molar-refractivity contribution in [2.45, 2.75) is 13.3 Å². The molecular weight excluding hydrogens is 206 g/mol. The summed E-state index contributed by atoms with van der Waals surface area (Å²) in [6.45, 7) is 2.33. The van der Waals surface area contributed by atoms with Crippen LogP contribution in [-0.4, -0.2) is 25.0 Å². The Kier molecular flexibility index (Phi) is 2.90. The zero-order chi connectivity index (χ0) is 11.5. The van der Waals surface area contributed by atoms with Crippen LogP contribution in [0.3, 0.4) is 0 Å². The molecule has 1 fully saturated rings. The zero-order valence-corrected chi connectivity index (χ0v) is 9.10. The van der Waals surface area contributed by atoms with Crippen molar-refractivity contribution in [2.24, 2.45) is 0 Å². The fraction of sp³-hybridized carbons (Fsp3) is 0.333. The zero-order valence-electron chi connectivity index (χ0n) is 9.10. The van der Waals surface area contributed by atoms with Gasteiger partial charge in [-0.2, -0.15) is 0 Å². The van der Waals surface area contributed by atoms with Crippen LogP contribution in [-0.2, 0) is 20.7 Å². The SMILES string of the molecule is CCc1ccccc1N1CC(=O)OC(=O)C1. The lowest BCUT2D eigenvalue weighted by Gasteiger charge is -2.28. The maximum atomic E-state index is 11.2. The van der Waals surface area contributed by atoms with Crippen molar-refractivity contribution in [1.29, 1.82) is 0 Å². The second-order valence-corrected chi connectivity index (χ2v) is 3.68. The van der Waals surface area contributed by atoms with E-state index < -0.39 is 11.9 Å². The fourth-order valence-corrected chi connectivity index (χ4v) is 1.85. The Morgan fingerprint density at radius 3 is 2.44 bits per heavy atom. The van der Waals surface area contributed by atoms with Crippen LogP contribution in [0.2, 0.25) is 0 Å². The van der Waals surface area contributed by atoms with E-state index in [1.54, 1.807) is 4.90 Å². The molecule has 0 unspecified atom stereocenters. The molecule has 0 aromatic heterocycles. The van der Waals surface area contributed by atoms with Crippen molar-refractivity contribution in [3.05, 3.63) is 29.8 Å². The van der Waals surface area contributed by atoms with E-state index in [2.05, 4.69) is 4.74 Å². The molecule has 0 saturated carbocycles. The van der Waals surface area contributed by atoms with Gasteiger partial charge in [-0.25, -0.2) is 9.59 Å². The molecule has 0 spiro atoms. The Labute approximate surface area is 93.8 Å². The lowest BCUT2D eigenvalue weighted by Crippen LogP contribution is -2.43. The Bertz CT molecular complexity index is 412. The highest BCUT2D eigenvalue weighted by atomic mass is 16.6. The van der Waals surface area contributed by atoms with Crippen LogP contribution in [0, 0.1) is 0 Å². The Hall–Kier alpha value is -1.84. The average molecular weight is 219 g/mol. The molecule has 0 aliphatic carbocycles. The first kappa shape index (κ1) is 10.7. The number of hydrogen-bond acceptors (Lipinski definition) is 4. The van der Waals surface area contributed by atoms with Gasteiger partial charge in [0, 0.05) is 5.69 Å². The molecule has 2 rings (SSSR count). The second-order valence-electron chi connectivity index (χ2n) is 3.68. The summed E-state index contributed by atoms with van der Waals surface area (Å²) in [4.78, 5) is 24.1. The number of rotatable bonds is 2. The first-order chi connectivity index (χ1) is 7.70. The molecule has 4 nitrogen and oxygen atoms in total. The van der Waals surface area contributed by atoms with Crippen LogP contribution < -0.4 is 4.90 Å². The quantitative estimate of drug-likeness (QED) is 0.552. The van der Waals surface area contributed by atoms with Gasteiger partial charge in [0.05, 0.1) is 0 Å². The van der Waals surface area contributed by atoms with Crippen molar-refractivity contribution in [1.82, 2.24) is 0 Å². The van der Waals surface area contributed by atoms with Crippen LogP contribution in [0.1, 0.15) is 12.5 Å². The molecular formula is C12H13NO3. The minimum absolute atomic E-state index is 0.142. The highest BCUT2D eigenvalue weighted by Crippen LogP contribution is 2.22. The third-order valence-electron chi connectivity index (χ3n) is 2.58. The minimum Gasteiger partial charge on any atom is -0.390 e. The first-order valence-electron chi connectivity index (χ1n) is 5.27. The minimum atomic E-state index is -0.484. The molecule has 1 aliphatic rings. The summed E-state index contributed by atoms with van der Waals surface area (Å²) < 4.78 is 4.49. The highest BCUT2D eigenvalue weighted by molar-refractivity contribution is 5.94. The number of anilines is 1. The topological polar surface area (TPSA) is 46.6 Å². The van der Waals surface area contributed by atoms with Crippen LogP contribution in [0.4, 0.5) is 5.69 Å². The summed E-state index contributed by atoms with van der Waals surface area (Å²) in [7, 11) is 0. The van der Waals surface area contributed by atoms with E-state index >= 15 is 0 Å². The average Bonchev–Trinajstić information content (AvgIpc) is 2.27. The van der Waals surface area contributed by atoms with Crippen LogP contribution in [0.15, 0.2) is 24.3 Å². The van der Waals surface area contributed by atoms with Crippen molar-refractivity contribution in [2.75, 3.05) is 18.0 Å². The van der Waals surface area contributed by atoms with Gasteiger partial charge in [-0.15, -0.1) is 0 Å². The summed E-state index contributed by atoms with van der Waals surface area (Å²) >= 11 is 0. The van der Waals surface area contributed by atoms with Gasteiger partial charge in [-0.3, -0.25) is 0 Å². The Balaban J connectivity index is 2.29. The number of cyclic esters (lactones) is 2. The largest absolute Gasteiger partial charge is 0.390 e. The number of para-hydroxylation sites is 1. The van der Waals surface area contributed by atoms with Gasteiger partial charge in [0.1, 0.15) is 13.1 Å². The molecule has 0 bridgehead atoms. The number of aryl methyl sites for hydroxylation is 1. The molecule has 84 valence electrons. The highest BCUT2D eigenvalue weighted by Gasteiger charge is 2.25. The van der Waals surface area contributed by atoms with Gasteiger partial charge < -0.3 is 9.64 Å². The van der Waals surface area contributed by atoms with Crippen LogP contribution >= 0.6 is 0 Å². The Morgan fingerprint density at radius 1 is 1.19 bits per heavy atom. The van der Waals surface area contributed by atoms with Gasteiger partial charge in [0.25, 0.3) is 0 Å². The summed E-state index contributed by atoms with van der Waals surface area (Å²) in [6, 6.07) is 7.77. The summed E-state index contributed by atoms with van der Waals surface area (Å²) in [5.41, 5.74) is 2.07. The summed E-state index contributed by atoms with van der Waals surface area (Å²) in [5.74, 6) is -0.968. The van der Waals surface area contributed by atoms with Gasteiger partial charge in [-0.1, -0.05) is 25.1 Å². The lowest BCUT2D eigenvalue weighted by atomic mass is 10.1. The van der Waals surface area contributed by atoms with Crippen molar-refractivity contribution in [3.63, 3.8) is 0 Å². The number of nitrogens with zero attached hydrogens (tertiary/aromatic N) is 1. The van der Waals surface area contributed by atoms with E-state index in [-0.39, 0.29) is 13.1 Å². The molecule has 0 amide bonds. The maximum Gasteiger partial charge on any atom is 0.333 e. The smallest absolute Gasteiger partial charge is 0.333 e. The molecule has 0 atom stereocenters. The standard InChI is InChI=1S/C12H13NO3/c1-2-9-5-3-4-6-10(9)13-7-11(14)16-12(15)8-13/h3-6H,2,7-8H2,1H3. The normalized spacial score (nSPS) is 16.2. The fourth-order valence-electron chi connectivity index (χ4n) is 1.85. The molecule has 1 aromatic rings. The number of ether oxygens (including phenoxy) is 1. The Morgan fingerprint density at radius 2 is 1.81 bits per heavy atom. The van der Waals surface area contributed by atoms with Crippen molar-refractivity contribution in [3.8, 4) is 0 Å². The third kappa shape index (κ3) is 2.05. The molecule has 1 saturated heterocycles. The number of carbonyl (C=O) groups is 2. The number of esters is 2. The maximum absolute atomic E-state index is 11.2. The van der Waals surface area contributed by atoms with E-state index in [4.69, 9.17) is 0 Å². The monoisotopic (exact) mass is 219 g/mol. The van der Waals surface area contributed by atoms with Gasteiger partial charge >= 0.3 is 11.9 Å². The van der Waals surface area contributed by atoms with Crippen molar-refractivity contribution < 1.29 is 14.3 Å².